The van der Waals surface area contributed by atoms with Gasteiger partial charge in [-0.15, -0.1) is 0 Å². The monoisotopic (exact) mass is 296 g/mol. The van der Waals surface area contributed by atoms with E-state index < -0.39 is 9.84 Å². The van der Waals surface area contributed by atoms with Gasteiger partial charge < -0.3 is 5.32 Å². The van der Waals surface area contributed by atoms with Crippen LogP contribution >= 0.6 is 0 Å². The van der Waals surface area contributed by atoms with E-state index in [4.69, 9.17) is 0 Å². The van der Waals surface area contributed by atoms with Gasteiger partial charge in [0.05, 0.1) is 11.5 Å². The molecule has 0 spiro atoms. The molecule has 1 aliphatic heterocycles. The maximum absolute atomic E-state index is 11.7. The summed E-state index contributed by atoms with van der Waals surface area (Å²) in [5.74, 6) is 0.596. The van der Waals surface area contributed by atoms with E-state index in [0.717, 1.165) is 24.2 Å². The van der Waals surface area contributed by atoms with Crippen LogP contribution in [0, 0.1) is 20.8 Å². The van der Waals surface area contributed by atoms with Gasteiger partial charge in [-0.25, -0.2) is 8.42 Å². The number of pyridine rings is 1. The first-order valence-corrected chi connectivity index (χ1v) is 9.02. The number of hydrogen-bond acceptors (Lipinski definition) is 4. The van der Waals surface area contributed by atoms with Crippen molar-refractivity contribution < 1.29 is 8.42 Å². The van der Waals surface area contributed by atoms with Crippen LogP contribution in [0.3, 0.4) is 0 Å². The fraction of sp³-hybridized carbons (Fsp3) is 0.667. The van der Waals surface area contributed by atoms with Gasteiger partial charge in [0, 0.05) is 23.5 Å². The van der Waals surface area contributed by atoms with Crippen LogP contribution in [-0.4, -0.2) is 30.9 Å². The molecule has 4 nitrogen and oxygen atoms in total. The Morgan fingerprint density at radius 3 is 2.65 bits per heavy atom. The molecule has 0 bridgehead atoms. The number of sulfone groups is 1. The minimum atomic E-state index is -2.86. The molecule has 2 atom stereocenters. The quantitative estimate of drug-likeness (QED) is 0.929. The maximum Gasteiger partial charge on any atom is 0.151 e. The normalized spacial score (nSPS) is 23.5. The lowest BCUT2D eigenvalue weighted by Gasteiger charge is -2.28. The van der Waals surface area contributed by atoms with Gasteiger partial charge in [-0.05, 0) is 57.7 Å². The van der Waals surface area contributed by atoms with E-state index >= 15 is 0 Å². The van der Waals surface area contributed by atoms with Crippen LogP contribution in [0.25, 0.3) is 0 Å². The molecule has 2 rings (SSSR count). The number of nitrogens with one attached hydrogen (secondary N) is 1. The Labute approximate surface area is 121 Å². The molecule has 112 valence electrons. The third-order valence-corrected chi connectivity index (χ3v) is 5.79. The van der Waals surface area contributed by atoms with Crippen molar-refractivity contribution in [2.24, 2.45) is 0 Å². The molecule has 0 saturated carbocycles. The number of aryl methyl sites for hydroxylation is 3. The average molecular weight is 296 g/mol. The molecule has 2 heterocycles. The molecule has 2 unspecified atom stereocenters. The number of hydrogen-bond donors (Lipinski definition) is 1. The van der Waals surface area contributed by atoms with Crippen LogP contribution in [0.4, 0.5) is 0 Å². The van der Waals surface area contributed by atoms with Gasteiger partial charge in [0.15, 0.2) is 9.84 Å². The van der Waals surface area contributed by atoms with Crippen LogP contribution in [0.5, 0.6) is 0 Å². The highest BCUT2D eigenvalue weighted by Crippen LogP contribution is 2.23. The summed E-state index contributed by atoms with van der Waals surface area (Å²) < 4.78 is 23.4. The lowest BCUT2D eigenvalue weighted by molar-refractivity contribution is 0.435. The fourth-order valence-electron chi connectivity index (χ4n) is 3.28. The van der Waals surface area contributed by atoms with Gasteiger partial charge in [-0.2, -0.15) is 0 Å². The molecule has 5 heteroatoms. The number of nitrogens with zero attached hydrogens (tertiary/aromatic N) is 1. The molecule has 0 aromatic carbocycles. The summed E-state index contributed by atoms with van der Waals surface area (Å²) in [6.07, 6.45) is 1.69. The van der Waals surface area contributed by atoms with Crippen molar-refractivity contribution in [3.63, 3.8) is 0 Å². The standard InChI is InChI=1S/C15H24N2O2S/c1-10-8-11(2)16-12(3)15(10)13(4)17-14-6-5-7-20(18,19)9-14/h8,13-14,17H,5-7,9H2,1-4H3. The predicted molar refractivity (Wildman–Crippen MR) is 81.7 cm³/mol. The topological polar surface area (TPSA) is 59.1 Å². The first kappa shape index (κ1) is 15.4. The molecule has 0 aliphatic carbocycles. The second-order valence-corrected chi connectivity index (χ2v) is 8.15. The lowest BCUT2D eigenvalue weighted by Crippen LogP contribution is -2.41. The van der Waals surface area contributed by atoms with E-state index in [9.17, 15) is 8.42 Å². The van der Waals surface area contributed by atoms with Gasteiger partial charge in [-0.3, -0.25) is 4.98 Å². The predicted octanol–water partition coefficient (Wildman–Crippen LogP) is 2.23. The van der Waals surface area contributed by atoms with Gasteiger partial charge in [0.2, 0.25) is 0 Å². The van der Waals surface area contributed by atoms with Crippen LogP contribution in [0.1, 0.15) is 48.3 Å². The molecular formula is C15H24N2O2S. The zero-order chi connectivity index (χ0) is 14.9. The summed E-state index contributed by atoms with van der Waals surface area (Å²) in [7, 11) is -2.86. The summed E-state index contributed by atoms with van der Waals surface area (Å²) in [6.45, 7) is 8.20. The van der Waals surface area contributed by atoms with Crippen LogP contribution in [0.2, 0.25) is 0 Å². The molecular weight excluding hydrogens is 272 g/mol. The van der Waals surface area contributed by atoms with Crippen molar-refractivity contribution in [2.45, 2.75) is 52.6 Å². The van der Waals surface area contributed by atoms with Crippen molar-refractivity contribution in [1.29, 1.82) is 0 Å². The minimum absolute atomic E-state index is 0.0591. The van der Waals surface area contributed by atoms with Gasteiger partial charge in [0.1, 0.15) is 0 Å². The average Bonchev–Trinajstić information content (AvgIpc) is 2.25. The first-order chi connectivity index (χ1) is 9.28. The Morgan fingerprint density at radius 2 is 2.05 bits per heavy atom. The zero-order valence-corrected chi connectivity index (χ0v) is 13.5. The Balaban J connectivity index is 2.14. The largest absolute Gasteiger partial charge is 0.306 e. The van der Waals surface area contributed by atoms with Crippen LogP contribution < -0.4 is 5.32 Å². The van der Waals surface area contributed by atoms with Crippen molar-refractivity contribution in [3.05, 3.63) is 28.6 Å². The molecule has 1 fully saturated rings. The Kier molecular flexibility index (Phi) is 4.49. The summed E-state index contributed by atoms with van der Waals surface area (Å²) in [5, 5.41) is 3.47. The zero-order valence-electron chi connectivity index (χ0n) is 12.7. The Bertz CT molecular complexity index is 573. The third-order valence-electron chi connectivity index (χ3n) is 3.97. The smallest absolute Gasteiger partial charge is 0.151 e. The highest BCUT2D eigenvalue weighted by atomic mass is 32.2. The molecule has 1 aromatic rings. The van der Waals surface area contributed by atoms with E-state index in [-0.39, 0.29) is 17.8 Å². The Morgan fingerprint density at radius 1 is 1.35 bits per heavy atom. The van der Waals surface area contributed by atoms with E-state index in [2.05, 4.69) is 30.2 Å². The van der Waals surface area contributed by atoms with Crippen LogP contribution in [0.15, 0.2) is 6.07 Å². The van der Waals surface area contributed by atoms with Crippen molar-refractivity contribution >= 4 is 9.84 Å². The fourth-order valence-corrected chi connectivity index (χ4v) is 4.93. The molecule has 1 aromatic heterocycles. The maximum atomic E-state index is 11.7. The Hall–Kier alpha value is -0.940. The van der Waals surface area contributed by atoms with E-state index in [1.165, 1.54) is 11.1 Å². The second kappa shape index (κ2) is 5.82. The van der Waals surface area contributed by atoms with Crippen molar-refractivity contribution in [3.8, 4) is 0 Å². The molecule has 0 amide bonds. The van der Waals surface area contributed by atoms with Gasteiger partial charge in [-0.1, -0.05) is 0 Å². The lowest BCUT2D eigenvalue weighted by atomic mass is 9.99. The minimum Gasteiger partial charge on any atom is -0.306 e. The molecule has 20 heavy (non-hydrogen) atoms. The van der Waals surface area contributed by atoms with Crippen molar-refractivity contribution in [2.75, 3.05) is 11.5 Å². The number of aromatic nitrogens is 1. The second-order valence-electron chi connectivity index (χ2n) is 5.92. The summed E-state index contributed by atoms with van der Waals surface area (Å²) in [4.78, 5) is 4.52. The van der Waals surface area contributed by atoms with E-state index in [1.807, 2.05) is 13.8 Å². The van der Waals surface area contributed by atoms with Gasteiger partial charge in [0.25, 0.3) is 0 Å². The first-order valence-electron chi connectivity index (χ1n) is 7.20. The van der Waals surface area contributed by atoms with Crippen LogP contribution in [-0.2, 0) is 9.84 Å². The highest BCUT2D eigenvalue weighted by molar-refractivity contribution is 7.91. The van der Waals surface area contributed by atoms with Crippen molar-refractivity contribution in [1.82, 2.24) is 10.3 Å². The summed E-state index contributed by atoms with van der Waals surface area (Å²) in [6, 6.07) is 2.27. The molecule has 1 N–H and O–H groups in total. The van der Waals surface area contributed by atoms with Gasteiger partial charge >= 0.3 is 0 Å². The van der Waals surface area contributed by atoms with E-state index in [0.29, 0.717) is 5.75 Å². The molecule has 0 radical (unpaired) electrons. The highest BCUT2D eigenvalue weighted by Gasteiger charge is 2.26. The van der Waals surface area contributed by atoms with E-state index in [1.54, 1.807) is 0 Å². The number of rotatable bonds is 3. The third kappa shape index (κ3) is 3.58. The molecule has 1 saturated heterocycles. The SMILES string of the molecule is Cc1cc(C)c(C(C)NC2CCCS(=O)(=O)C2)c(C)n1. The summed E-state index contributed by atoms with van der Waals surface area (Å²) >= 11 is 0. The summed E-state index contributed by atoms with van der Waals surface area (Å²) in [5.41, 5.74) is 4.46. The molecule has 1 aliphatic rings.